The minimum Gasteiger partial charge on any atom is -0.459 e. The van der Waals surface area contributed by atoms with Crippen LogP contribution in [0.1, 0.15) is 80.1 Å². The van der Waals surface area contributed by atoms with Crippen molar-refractivity contribution < 1.29 is 9.53 Å². The van der Waals surface area contributed by atoms with Crippen molar-refractivity contribution in [1.82, 2.24) is 0 Å². The average molecular weight is 230 g/mol. The summed E-state index contributed by atoms with van der Waals surface area (Å²) in [4.78, 5) is 10.6. The van der Waals surface area contributed by atoms with Crippen LogP contribution in [0.4, 0.5) is 0 Å². The zero-order valence-corrected chi connectivity index (χ0v) is 12.1. The summed E-state index contributed by atoms with van der Waals surface area (Å²) in [5.74, 6) is -0.0423. The van der Waals surface area contributed by atoms with Gasteiger partial charge in [-0.05, 0) is 19.8 Å². The summed E-state index contributed by atoms with van der Waals surface area (Å²) in [5, 5.41) is 0. The molecule has 0 amide bonds. The lowest BCUT2D eigenvalue weighted by Gasteiger charge is -2.19. The van der Waals surface area contributed by atoms with E-state index < -0.39 is 0 Å². The number of rotatable bonds is 3. The van der Waals surface area contributed by atoms with Crippen LogP contribution in [0.15, 0.2) is 0 Å². The smallest absolute Gasteiger partial charge is 0.306 e. The van der Waals surface area contributed by atoms with Gasteiger partial charge in [0.1, 0.15) is 5.60 Å². The number of carbonyl (C=O) groups is 1. The molecular formula is C14H30O2. The predicted octanol–water partition coefficient (Wildman–Crippen LogP) is 4.71. The SMILES string of the molecule is CC.CCCCC.CC[C@]1(C)CCC(=O)O1. The Balaban J connectivity index is 0. The molecule has 1 aliphatic heterocycles. The standard InChI is InChI=1S/C7H12O2.C5H12.C2H6/c1-3-7(2)5-4-6(8)9-7;1-3-5-4-2;1-2/h3-5H2,1-2H3;3-5H2,1-2H3;1-2H3/t7-;;/m1../s1. The second-order valence-electron chi connectivity index (χ2n) is 4.13. The summed E-state index contributed by atoms with van der Waals surface area (Å²) in [6.45, 7) is 12.4. The highest BCUT2D eigenvalue weighted by Crippen LogP contribution is 2.28. The van der Waals surface area contributed by atoms with Gasteiger partial charge in [0.25, 0.3) is 0 Å². The van der Waals surface area contributed by atoms with Gasteiger partial charge >= 0.3 is 5.97 Å². The quantitative estimate of drug-likeness (QED) is 0.656. The molecule has 2 heteroatoms. The minimum atomic E-state index is -0.142. The Labute approximate surface area is 102 Å². The first-order valence-electron chi connectivity index (χ1n) is 6.79. The van der Waals surface area contributed by atoms with Crippen LogP contribution in [0, 0.1) is 0 Å². The Morgan fingerprint density at radius 1 is 1.19 bits per heavy atom. The van der Waals surface area contributed by atoms with Crippen molar-refractivity contribution in [3.63, 3.8) is 0 Å². The van der Waals surface area contributed by atoms with Crippen molar-refractivity contribution in [3.05, 3.63) is 0 Å². The molecule has 0 radical (unpaired) electrons. The van der Waals surface area contributed by atoms with E-state index in [1.165, 1.54) is 19.3 Å². The van der Waals surface area contributed by atoms with Gasteiger partial charge < -0.3 is 4.74 Å². The first kappa shape index (κ1) is 17.9. The van der Waals surface area contributed by atoms with E-state index in [1.807, 2.05) is 27.7 Å². The summed E-state index contributed by atoms with van der Waals surface area (Å²) in [5.41, 5.74) is -0.142. The topological polar surface area (TPSA) is 26.3 Å². The highest BCUT2D eigenvalue weighted by atomic mass is 16.6. The Kier molecular flexibility index (Phi) is 12.2. The van der Waals surface area contributed by atoms with Gasteiger partial charge in [-0.3, -0.25) is 4.79 Å². The Bertz CT molecular complexity index is 164. The molecule has 1 atom stereocenters. The van der Waals surface area contributed by atoms with Gasteiger partial charge in [-0.15, -0.1) is 0 Å². The van der Waals surface area contributed by atoms with E-state index in [4.69, 9.17) is 4.74 Å². The molecule has 1 fully saturated rings. The fraction of sp³-hybridized carbons (Fsp3) is 0.929. The van der Waals surface area contributed by atoms with Crippen LogP contribution >= 0.6 is 0 Å². The fourth-order valence-electron chi connectivity index (χ4n) is 1.35. The molecule has 0 aromatic heterocycles. The third-order valence-electron chi connectivity index (χ3n) is 2.67. The molecular weight excluding hydrogens is 200 g/mol. The lowest BCUT2D eigenvalue weighted by Crippen LogP contribution is -2.21. The van der Waals surface area contributed by atoms with Gasteiger partial charge in [-0.2, -0.15) is 0 Å². The molecule has 0 saturated carbocycles. The molecule has 1 aliphatic rings. The summed E-state index contributed by atoms with van der Waals surface area (Å²) in [6.07, 6.45) is 6.50. The lowest BCUT2D eigenvalue weighted by atomic mass is 10.0. The lowest BCUT2D eigenvalue weighted by molar-refractivity contribution is -0.147. The van der Waals surface area contributed by atoms with Crippen LogP contribution in [-0.2, 0) is 9.53 Å². The van der Waals surface area contributed by atoms with E-state index in [-0.39, 0.29) is 11.6 Å². The Hall–Kier alpha value is -0.530. The van der Waals surface area contributed by atoms with Crippen molar-refractivity contribution in [2.75, 3.05) is 0 Å². The summed E-state index contributed by atoms with van der Waals surface area (Å²) in [7, 11) is 0. The van der Waals surface area contributed by atoms with Gasteiger partial charge in [0.2, 0.25) is 0 Å². The molecule has 0 spiro atoms. The molecule has 1 rings (SSSR count). The molecule has 16 heavy (non-hydrogen) atoms. The minimum absolute atomic E-state index is 0.0423. The van der Waals surface area contributed by atoms with E-state index in [0.717, 1.165) is 12.8 Å². The molecule has 0 unspecified atom stereocenters. The molecule has 0 aromatic carbocycles. The molecule has 98 valence electrons. The number of ether oxygens (including phenoxy) is 1. The van der Waals surface area contributed by atoms with Crippen LogP contribution in [0.3, 0.4) is 0 Å². The zero-order valence-electron chi connectivity index (χ0n) is 12.1. The third kappa shape index (κ3) is 8.75. The van der Waals surface area contributed by atoms with Gasteiger partial charge in [0.05, 0.1) is 0 Å². The number of unbranched alkanes of at least 4 members (excludes halogenated alkanes) is 2. The van der Waals surface area contributed by atoms with Crippen LogP contribution in [0.5, 0.6) is 0 Å². The van der Waals surface area contributed by atoms with E-state index in [2.05, 4.69) is 13.8 Å². The normalized spacial score (nSPS) is 22.5. The first-order valence-corrected chi connectivity index (χ1v) is 6.79. The number of hydrogen-bond donors (Lipinski definition) is 0. The monoisotopic (exact) mass is 230 g/mol. The van der Waals surface area contributed by atoms with Crippen molar-refractivity contribution >= 4 is 5.97 Å². The average Bonchev–Trinajstić information content (AvgIpc) is 2.65. The van der Waals surface area contributed by atoms with E-state index in [9.17, 15) is 4.79 Å². The van der Waals surface area contributed by atoms with Gasteiger partial charge in [-0.25, -0.2) is 0 Å². The van der Waals surface area contributed by atoms with Crippen molar-refractivity contribution in [1.29, 1.82) is 0 Å². The zero-order chi connectivity index (χ0) is 13.0. The predicted molar refractivity (Wildman–Crippen MR) is 70.6 cm³/mol. The van der Waals surface area contributed by atoms with Gasteiger partial charge in [0, 0.05) is 6.42 Å². The van der Waals surface area contributed by atoms with E-state index in [0.29, 0.717) is 6.42 Å². The number of carbonyl (C=O) groups excluding carboxylic acids is 1. The molecule has 1 saturated heterocycles. The van der Waals surface area contributed by atoms with Crippen LogP contribution < -0.4 is 0 Å². The Morgan fingerprint density at radius 3 is 1.81 bits per heavy atom. The van der Waals surface area contributed by atoms with Crippen LogP contribution in [0.25, 0.3) is 0 Å². The van der Waals surface area contributed by atoms with Crippen LogP contribution in [-0.4, -0.2) is 11.6 Å². The number of esters is 1. The highest BCUT2D eigenvalue weighted by Gasteiger charge is 2.33. The summed E-state index contributed by atoms with van der Waals surface area (Å²) >= 11 is 0. The number of hydrogen-bond acceptors (Lipinski definition) is 2. The first-order chi connectivity index (χ1) is 7.58. The van der Waals surface area contributed by atoms with Gasteiger partial charge in [-0.1, -0.05) is 53.9 Å². The van der Waals surface area contributed by atoms with E-state index >= 15 is 0 Å². The molecule has 2 nitrogen and oxygen atoms in total. The van der Waals surface area contributed by atoms with Crippen molar-refractivity contribution in [2.24, 2.45) is 0 Å². The fourth-order valence-corrected chi connectivity index (χ4v) is 1.35. The van der Waals surface area contributed by atoms with Crippen molar-refractivity contribution in [2.45, 2.75) is 85.7 Å². The molecule has 0 bridgehead atoms. The second kappa shape index (κ2) is 11.0. The second-order valence-corrected chi connectivity index (χ2v) is 4.13. The molecule has 0 N–H and O–H groups in total. The van der Waals surface area contributed by atoms with E-state index in [1.54, 1.807) is 0 Å². The summed E-state index contributed by atoms with van der Waals surface area (Å²) < 4.78 is 5.06. The highest BCUT2D eigenvalue weighted by molar-refractivity contribution is 5.72. The van der Waals surface area contributed by atoms with Crippen LogP contribution in [0.2, 0.25) is 0 Å². The largest absolute Gasteiger partial charge is 0.459 e. The molecule has 0 aromatic rings. The summed E-state index contributed by atoms with van der Waals surface area (Å²) in [6, 6.07) is 0. The number of cyclic esters (lactones) is 1. The molecule has 0 aliphatic carbocycles. The maximum Gasteiger partial charge on any atom is 0.306 e. The molecule has 1 heterocycles. The Morgan fingerprint density at radius 2 is 1.69 bits per heavy atom. The maximum atomic E-state index is 10.6. The van der Waals surface area contributed by atoms with Gasteiger partial charge in [0.15, 0.2) is 0 Å². The maximum absolute atomic E-state index is 10.6. The van der Waals surface area contributed by atoms with Crippen molar-refractivity contribution in [3.8, 4) is 0 Å². The third-order valence-corrected chi connectivity index (χ3v) is 2.67.